The van der Waals surface area contributed by atoms with Crippen molar-refractivity contribution in [2.24, 2.45) is 0 Å². The van der Waals surface area contributed by atoms with Crippen LogP contribution < -0.4 is 10.6 Å². The number of carbonyl (C=O) groups excluding carboxylic acids is 1. The van der Waals surface area contributed by atoms with Crippen LogP contribution in [0.25, 0.3) is 0 Å². The van der Waals surface area contributed by atoms with E-state index >= 15 is 0 Å². The largest absolute Gasteiger partial charge is 0.373 e. The monoisotopic (exact) mass is 339 g/mol. The van der Waals surface area contributed by atoms with Crippen molar-refractivity contribution in [1.82, 2.24) is 20.2 Å². The number of likely N-dealkylation sites (tertiary alicyclic amines) is 1. The summed E-state index contributed by atoms with van der Waals surface area (Å²) in [5.41, 5.74) is 3.38. The first kappa shape index (κ1) is 17.4. The average molecular weight is 339 g/mol. The molecule has 3 rings (SSSR count). The van der Waals surface area contributed by atoms with Gasteiger partial charge >= 0.3 is 0 Å². The summed E-state index contributed by atoms with van der Waals surface area (Å²) in [7, 11) is 1.91. The predicted molar refractivity (Wildman–Crippen MR) is 97.9 cm³/mol. The van der Waals surface area contributed by atoms with Gasteiger partial charge in [-0.3, -0.25) is 14.7 Å². The fourth-order valence-electron chi connectivity index (χ4n) is 3.42. The van der Waals surface area contributed by atoms with E-state index < -0.39 is 0 Å². The maximum Gasteiger partial charge on any atom is 0.217 e. The van der Waals surface area contributed by atoms with Crippen LogP contribution in [0.3, 0.4) is 0 Å². The summed E-state index contributed by atoms with van der Waals surface area (Å²) in [6.45, 7) is 3.95. The lowest BCUT2D eigenvalue weighted by Gasteiger charge is -2.25. The van der Waals surface area contributed by atoms with E-state index in [4.69, 9.17) is 0 Å². The van der Waals surface area contributed by atoms with Crippen molar-refractivity contribution in [1.29, 1.82) is 0 Å². The second kappa shape index (κ2) is 8.07. The molecule has 0 radical (unpaired) electrons. The lowest BCUT2D eigenvalue weighted by molar-refractivity contribution is -0.119. The molecule has 3 heterocycles. The lowest BCUT2D eigenvalue weighted by atomic mass is 10.0. The summed E-state index contributed by atoms with van der Waals surface area (Å²) in [4.78, 5) is 22.4. The Morgan fingerprint density at radius 3 is 3.00 bits per heavy atom. The van der Waals surface area contributed by atoms with Gasteiger partial charge in [-0.15, -0.1) is 0 Å². The van der Waals surface area contributed by atoms with E-state index in [1.54, 1.807) is 0 Å². The quantitative estimate of drug-likeness (QED) is 0.846. The van der Waals surface area contributed by atoms with E-state index in [1.807, 2.05) is 25.5 Å². The lowest BCUT2D eigenvalue weighted by Crippen LogP contribution is -2.24. The molecule has 0 saturated carbocycles. The number of carbonyl (C=O) groups is 1. The van der Waals surface area contributed by atoms with Crippen LogP contribution in [0, 0.1) is 0 Å². The van der Waals surface area contributed by atoms with Gasteiger partial charge in [0.15, 0.2) is 0 Å². The van der Waals surface area contributed by atoms with Gasteiger partial charge in [-0.25, -0.2) is 4.98 Å². The molecule has 1 amide bonds. The molecule has 0 aromatic carbocycles. The SMILES string of the molecule is CNc1ncccc1CN1CCC[C@@H]1c1ccnc(CNC(C)=O)c1. The molecule has 1 aliphatic rings. The van der Waals surface area contributed by atoms with Gasteiger partial charge in [0.2, 0.25) is 5.91 Å². The Kier molecular flexibility index (Phi) is 5.60. The number of pyridine rings is 2. The number of anilines is 1. The normalized spacial score (nSPS) is 17.4. The Hall–Kier alpha value is -2.47. The average Bonchev–Trinajstić information content (AvgIpc) is 3.09. The smallest absolute Gasteiger partial charge is 0.217 e. The topological polar surface area (TPSA) is 70.2 Å². The standard InChI is InChI=1S/C19H25N5O/c1-14(25)23-12-17-11-15(7-9-21-17)18-6-4-10-24(18)13-16-5-3-8-22-19(16)20-2/h3,5,7-9,11,18H,4,6,10,12-13H2,1-2H3,(H,20,22)(H,23,25)/t18-/m1/s1. The molecule has 132 valence electrons. The van der Waals surface area contributed by atoms with E-state index in [9.17, 15) is 4.79 Å². The van der Waals surface area contributed by atoms with Crippen molar-refractivity contribution in [3.05, 3.63) is 53.5 Å². The van der Waals surface area contributed by atoms with Gasteiger partial charge in [0, 0.05) is 44.5 Å². The summed E-state index contributed by atoms with van der Waals surface area (Å²) >= 11 is 0. The molecule has 1 aliphatic heterocycles. The third kappa shape index (κ3) is 4.33. The molecule has 25 heavy (non-hydrogen) atoms. The molecule has 2 N–H and O–H groups in total. The number of amides is 1. The van der Waals surface area contributed by atoms with E-state index in [2.05, 4.69) is 43.7 Å². The molecule has 0 bridgehead atoms. The fraction of sp³-hybridized carbons (Fsp3) is 0.421. The minimum absolute atomic E-state index is 0.0362. The molecule has 1 saturated heterocycles. The van der Waals surface area contributed by atoms with E-state index in [1.165, 1.54) is 24.5 Å². The first-order chi connectivity index (χ1) is 12.2. The van der Waals surface area contributed by atoms with Crippen LogP contribution in [-0.4, -0.2) is 34.4 Å². The number of nitrogens with one attached hydrogen (secondary N) is 2. The minimum Gasteiger partial charge on any atom is -0.373 e. The van der Waals surface area contributed by atoms with Gasteiger partial charge in [0.05, 0.1) is 12.2 Å². The van der Waals surface area contributed by atoms with Crippen molar-refractivity contribution in [2.75, 3.05) is 18.9 Å². The van der Waals surface area contributed by atoms with Crippen molar-refractivity contribution >= 4 is 11.7 Å². The number of hydrogen-bond donors (Lipinski definition) is 2. The number of rotatable bonds is 6. The highest BCUT2D eigenvalue weighted by Gasteiger charge is 2.26. The Balaban J connectivity index is 1.75. The number of hydrogen-bond acceptors (Lipinski definition) is 5. The van der Waals surface area contributed by atoms with Crippen molar-refractivity contribution < 1.29 is 4.79 Å². The first-order valence-corrected chi connectivity index (χ1v) is 8.72. The molecule has 0 unspecified atom stereocenters. The minimum atomic E-state index is -0.0362. The van der Waals surface area contributed by atoms with Crippen LogP contribution in [0.15, 0.2) is 36.7 Å². The van der Waals surface area contributed by atoms with Crippen LogP contribution in [-0.2, 0) is 17.9 Å². The van der Waals surface area contributed by atoms with Gasteiger partial charge in [-0.1, -0.05) is 6.07 Å². The van der Waals surface area contributed by atoms with Gasteiger partial charge in [-0.2, -0.15) is 0 Å². The van der Waals surface area contributed by atoms with Gasteiger partial charge < -0.3 is 10.6 Å². The third-order valence-corrected chi connectivity index (χ3v) is 4.61. The highest BCUT2D eigenvalue weighted by Crippen LogP contribution is 2.33. The maximum atomic E-state index is 11.1. The second-order valence-corrected chi connectivity index (χ2v) is 6.38. The summed E-state index contributed by atoms with van der Waals surface area (Å²) in [5, 5.41) is 5.99. The van der Waals surface area contributed by atoms with Crippen LogP contribution >= 0.6 is 0 Å². The Labute approximate surface area is 148 Å². The Bertz CT molecular complexity index is 733. The molecule has 6 nitrogen and oxygen atoms in total. The summed E-state index contributed by atoms with van der Waals surface area (Å²) in [6.07, 6.45) is 5.97. The van der Waals surface area contributed by atoms with Crippen molar-refractivity contribution in [3.8, 4) is 0 Å². The predicted octanol–water partition coefficient (Wildman–Crippen LogP) is 2.49. The molecule has 2 aromatic rings. The molecule has 1 atom stereocenters. The highest BCUT2D eigenvalue weighted by atomic mass is 16.1. The summed E-state index contributed by atoms with van der Waals surface area (Å²) in [5.74, 6) is 0.903. The summed E-state index contributed by atoms with van der Waals surface area (Å²) < 4.78 is 0. The zero-order valence-electron chi connectivity index (χ0n) is 14.8. The zero-order valence-corrected chi connectivity index (χ0v) is 14.8. The van der Waals surface area contributed by atoms with Crippen LogP contribution in [0.4, 0.5) is 5.82 Å². The Morgan fingerprint density at radius 2 is 2.20 bits per heavy atom. The Morgan fingerprint density at radius 1 is 1.32 bits per heavy atom. The molecule has 2 aromatic heterocycles. The maximum absolute atomic E-state index is 11.1. The molecular weight excluding hydrogens is 314 g/mol. The van der Waals surface area contributed by atoms with Crippen LogP contribution in [0.5, 0.6) is 0 Å². The zero-order chi connectivity index (χ0) is 17.6. The highest BCUT2D eigenvalue weighted by molar-refractivity contribution is 5.72. The van der Waals surface area contributed by atoms with E-state index in [0.29, 0.717) is 12.6 Å². The third-order valence-electron chi connectivity index (χ3n) is 4.61. The molecule has 0 aliphatic carbocycles. The number of aromatic nitrogens is 2. The van der Waals surface area contributed by atoms with Gasteiger partial charge in [0.1, 0.15) is 5.82 Å². The first-order valence-electron chi connectivity index (χ1n) is 8.72. The fourth-order valence-corrected chi connectivity index (χ4v) is 3.42. The van der Waals surface area contributed by atoms with Crippen LogP contribution in [0.1, 0.15) is 42.6 Å². The summed E-state index contributed by atoms with van der Waals surface area (Å²) in [6, 6.07) is 8.69. The van der Waals surface area contributed by atoms with Crippen molar-refractivity contribution in [2.45, 2.75) is 38.9 Å². The van der Waals surface area contributed by atoms with Crippen molar-refractivity contribution in [3.63, 3.8) is 0 Å². The second-order valence-electron chi connectivity index (χ2n) is 6.38. The molecule has 6 heteroatoms. The molecule has 1 fully saturated rings. The van der Waals surface area contributed by atoms with Gasteiger partial charge in [0.25, 0.3) is 0 Å². The van der Waals surface area contributed by atoms with Gasteiger partial charge in [-0.05, 0) is 43.1 Å². The molecular formula is C19H25N5O. The van der Waals surface area contributed by atoms with E-state index in [0.717, 1.165) is 31.0 Å². The van der Waals surface area contributed by atoms with Crippen LogP contribution in [0.2, 0.25) is 0 Å². The van der Waals surface area contributed by atoms with E-state index in [-0.39, 0.29) is 5.91 Å². The molecule has 0 spiro atoms. The number of nitrogens with zero attached hydrogens (tertiary/aromatic N) is 3.